The molecule has 0 atom stereocenters. The highest BCUT2D eigenvalue weighted by atomic mass is 79.9. The zero-order valence-corrected chi connectivity index (χ0v) is 12.8. The van der Waals surface area contributed by atoms with E-state index in [0.29, 0.717) is 16.4 Å². The van der Waals surface area contributed by atoms with E-state index in [9.17, 15) is 4.79 Å². The van der Waals surface area contributed by atoms with Crippen LogP contribution < -0.4 is 5.32 Å². The molecule has 0 radical (unpaired) electrons. The Kier molecular flexibility index (Phi) is 4.43. The van der Waals surface area contributed by atoms with Crippen LogP contribution in [-0.4, -0.2) is 5.91 Å². The molecule has 5 heteroatoms. The molecule has 18 heavy (non-hydrogen) atoms. The summed E-state index contributed by atoms with van der Waals surface area (Å²) in [5, 5.41) is 3.53. The number of carbonyl (C=O) groups is 1. The van der Waals surface area contributed by atoms with Crippen molar-refractivity contribution in [2.45, 2.75) is 13.5 Å². The van der Waals surface area contributed by atoms with Crippen LogP contribution in [0.2, 0.25) is 5.02 Å². The molecule has 1 amide bonds. The van der Waals surface area contributed by atoms with Crippen molar-refractivity contribution in [3.63, 3.8) is 0 Å². The van der Waals surface area contributed by atoms with Crippen molar-refractivity contribution >= 4 is 44.8 Å². The zero-order chi connectivity index (χ0) is 13.1. The van der Waals surface area contributed by atoms with Gasteiger partial charge in [0, 0.05) is 11.6 Å². The summed E-state index contributed by atoms with van der Waals surface area (Å²) in [6.45, 7) is 2.40. The summed E-state index contributed by atoms with van der Waals surface area (Å²) in [4.78, 5) is 12.6. The van der Waals surface area contributed by atoms with E-state index in [-0.39, 0.29) is 5.91 Å². The average molecular weight is 345 g/mol. The number of thiophene rings is 1. The maximum atomic E-state index is 11.9. The van der Waals surface area contributed by atoms with Gasteiger partial charge in [0.1, 0.15) is 0 Å². The molecule has 0 saturated carbocycles. The molecular formula is C13H11BrClNOS. The molecule has 2 rings (SSSR count). The van der Waals surface area contributed by atoms with Crippen molar-refractivity contribution in [2.75, 3.05) is 0 Å². The number of hydrogen-bond donors (Lipinski definition) is 1. The van der Waals surface area contributed by atoms with Crippen LogP contribution >= 0.6 is 38.9 Å². The summed E-state index contributed by atoms with van der Waals surface area (Å²) < 4.78 is 0.991. The van der Waals surface area contributed by atoms with Crippen LogP contribution in [0.15, 0.2) is 34.1 Å². The number of aryl methyl sites for hydroxylation is 1. The fourth-order valence-electron chi connectivity index (χ4n) is 1.48. The summed E-state index contributed by atoms with van der Waals surface area (Å²) in [6, 6.07) is 9.36. The van der Waals surface area contributed by atoms with E-state index in [4.69, 9.17) is 11.6 Å². The third kappa shape index (κ3) is 3.13. The van der Waals surface area contributed by atoms with Crippen LogP contribution in [0.5, 0.6) is 0 Å². The van der Waals surface area contributed by atoms with Gasteiger partial charge in [-0.25, -0.2) is 0 Å². The van der Waals surface area contributed by atoms with Crippen LogP contribution in [0, 0.1) is 6.92 Å². The maximum Gasteiger partial charge on any atom is 0.261 e. The lowest BCUT2D eigenvalue weighted by molar-refractivity contribution is 0.0955. The SMILES string of the molecule is Cc1cc(C(=O)NCc2ccccc2Cl)sc1Br. The Morgan fingerprint density at radius 2 is 2.17 bits per heavy atom. The van der Waals surface area contributed by atoms with Gasteiger partial charge in [0.2, 0.25) is 0 Å². The number of amides is 1. The standard InChI is InChI=1S/C13H11BrClNOS/c1-8-6-11(18-12(8)14)13(17)16-7-9-4-2-3-5-10(9)15/h2-6H,7H2,1H3,(H,16,17). The third-order valence-corrected chi connectivity index (χ3v) is 4.98. The highest BCUT2D eigenvalue weighted by molar-refractivity contribution is 9.11. The molecule has 0 aliphatic carbocycles. The molecule has 1 N–H and O–H groups in total. The minimum Gasteiger partial charge on any atom is -0.347 e. The second-order valence-electron chi connectivity index (χ2n) is 3.84. The Labute approximate surface area is 123 Å². The zero-order valence-electron chi connectivity index (χ0n) is 9.67. The van der Waals surface area contributed by atoms with Crippen LogP contribution in [-0.2, 0) is 6.54 Å². The van der Waals surface area contributed by atoms with E-state index in [1.807, 2.05) is 37.3 Å². The van der Waals surface area contributed by atoms with Crippen LogP contribution in [0.3, 0.4) is 0 Å². The predicted octanol–water partition coefficient (Wildman–Crippen LogP) is 4.40. The van der Waals surface area contributed by atoms with Crippen LogP contribution in [0.4, 0.5) is 0 Å². The summed E-state index contributed by atoms with van der Waals surface area (Å²) in [6.07, 6.45) is 0. The van der Waals surface area contributed by atoms with Crippen LogP contribution in [0.25, 0.3) is 0 Å². The van der Waals surface area contributed by atoms with Gasteiger partial charge in [-0.2, -0.15) is 0 Å². The molecule has 0 aliphatic rings. The van der Waals surface area contributed by atoms with Crippen molar-refractivity contribution in [2.24, 2.45) is 0 Å². The van der Waals surface area contributed by atoms with Crippen molar-refractivity contribution in [3.05, 3.63) is 55.1 Å². The van der Waals surface area contributed by atoms with Gasteiger partial charge >= 0.3 is 0 Å². The second kappa shape index (κ2) is 5.87. The Morgan fingerprint density at radius 3 is 2.78 bits per heavy atom. The lowest BCUT2D eigenvalue weighted by Crippen LogP contribution is -2.21. The molecule has 1 heterocycles. The van der Waals surface area contributed by atoms with E-state index < -0.39 is 0 Å². The van der Waals surface area contributed by atoms with Crippen molar-refractivity contribution in [1.29, 1.82) is 0 Å². The maximum absolute atomic E-state index is 11.9. The van der Waals surface area contributed by atoms with Gasteiger partial charge in [-0.05, 0) is 46.1 Å². The average Bonchev–Trinajstić information content (AvgIpc) is 2.68. The minimum atomic E-state index is -0.0753. The highest BCUT2D eigenvalue weighted by Crippen LogP contribution is 2.27. The van der Waals surface area contributed by atoms with Crippen molar-refractivity contribution in [1.82, 2.24) is 5.32 Å². The van der Waals surface area contributed by atoms with Gasteiger partial charge in [0.15, 0.2) is 0 Å². The smallest absolute Gasteiger partial charge is 0.261 e. The summed E-state index contributed by atoms with van der Waals surface area (Å²) in [7, 11) is 0. The molecule has 0 fully saturated rings. The van der Waals surface area contributed by atoms with E-state index >= 15 is 0 Å². The van der Waals surface area contributed by atoms with Gasteiger partial charge in [-0.15, -0.1) is 11.3 Å². The second-order valence-corrected chi connectivity index (χ2v) is 6.62. The van der Waals surface area contributed by atoms with Gasteiger partial charge in [0.25, 0.3) is 5.91 Å². The lowest BCUT2D eigenvalue weighted by atomic mass is 10.2. The molecule has 2 nitrogen and oxygen atoms in total. The van der Waals surface area contributed by atoms with E-state index in [1.54, 1.807) is 0 Å². The Bertz CT molecular complexity index is 563. The third-order valence-electron chi connectivity index (χ3n) is 2.48. The normalized spacial score (nSPS) is 10.4. The summed E-state index contributed by atoms with van der Waals surface area (Å²) >= 11 is 10.9. The molecule has 0 aliphatic heterocycles. The molecule has 1 aromatic heterocycles. The molecule has 0 saturated heterocycles. The van der Waals surface area contributed by atoms with E-state index in [1.165, 1.54) is 11.3 Å². The first-order valence-electron chi connectivity index (χ1n) is 5.35. The molecule has 1 aromatic carbocycles. The van der Waals surface area contributed by atoms with Gasteiger partial charge in [-0.3, -0.25) is 4.79 Å². The summed E-state index contributed by atoms with van der Waals surface area (Å²) in [5.41, 5.74) is 1.99. The first-order chi connectivity index (χ1) is 8.58. The number of benzene rings is 1. The Hall–Kier alpha value is -0.840. The van der Waals surface area contributed by atoms with E-state index in [2.05, 4.69) is 21.2 Å². The molecule has 0 spiro atoms. The minimum absolute atomic E-state index is 0.0753. The van der Waals surface area contributed by atoms with Gasteiger partial charge in [0.05, 0.1) is 8.66 Å². The molecule has 0 unspecified atom stereocenters. The number of hydrogen-bond acceptors (Lipinski definition) is 2. The molecule has 2 aromatic rings. The number of carbonyl (C=O) groups excluding carboxylic acids is 1. The van der Waals surface area contributed by atoms with Crippen molar-refractivity contribution in [3.8, 4) is 0 Å². The molecule has 94 valence electrons. The van der Waals surface area contributed by atoms with Crippen molar-refractivity contribution < 1.29 is 4.79 Å². The Morgan fingerprint density at radius 1 is 1.44 bits per heavy atom. The first kappa shape index (κ1) is 13.6. The molecular weight excluding hydrogens is 334 g/mol. The van der Waals surface area contributed by atoms with Crippen LogP contribution in [0.1, 0.15) is 20.8 Å². The van der Waals surface area contributed by atoms with E-state index in [0.717, 1.165) is 14.9 Å². The predicted molar refractivity (Wildman–Crippen MR) is 79.4 cm³/mol. The first-order valence-corrected chi connectivity index (χ1v) is 7.34. The number of nitrogens with one attached hydrogen (secondary N) is 1. The largest absolute Gasteiger partial charge is 0.347 e. The van der Waals surface area contributed by atoms with Gasteiger partial charge < -0.3 is 5.32 Å². The van der Waals surface area contributed by atoms with Gasteiger partial charge in [-0.1, -0.05) is 29.8 Å². The fourth-order valence-corrected chi connectivity index (χ4v) is 3.13. The summed E-state index contributed by atoms with van der Waals surface area (Å²) in [5.74, 6) is -0.0753. The highest BCUT2D eigenvalue weighted by Gasteiger charge is 2.11. The number of rotatable bonds is 3. The Balaban J connectivity index is 2.03. The fraction of sp³-hybridized carbons (Fsp3) is 0.154. The number of halogens is 2. The lowest BCUT2D eigenvalue weighted by Gasteiger charge is -2.05. The quantitative estimate of drug-likeness (QED) is 0.878. The monoisotopic (exact) mass is 343 g/mol. The topological polar surface area (TPSA) is 29.1 Å². The molecule has 0 bridgehead atoms.